The lowest BCUT2D eigenvalue weighted by Gasteiger charge is -2.21. The molecule has 0 saturated carbocycles. The van der Waals surface area contributed by atoms with Gasteiger partial charge in [0, 0.05) is 12.2 Å². The minimum absolute atomic E-state index is 0.0726. The highest BCUT2D eigenvalue weighted by Gasteiger charge is 2.22. The molecule has 1 amide bonds. The average molecular weight is 511 g/mol. The molecule has 0 N–H and O–H groups in total. The molecule has 5 rings (SSSR count). The van der Waals surface area contributed by atoms with E-state index in [2.05, 4.69) is 16.3 Å². The lowest BCUT2D eigenvalue weighted by Crippen LogP contribution is -2.33. The largest absolute Gasteiger partial charge is 0.495 e. The van der Waals surface area contributed by atoms with Crippen molar-refractivity contribution in [1.82, 2.24) is 19.2 Å². The molecule has 184 valence electrons. The van der Waals surface area contributed by atoms with Crippen molar-refractivity contribution in [1.29, 1.82) is 5.26 Å². The van der Waals surface area contributed by atoms with Crippen LogP contribution in [-0.4, -0.2) is 44.5 Å². The van der Waals surface area contributed by atoms with Gasteiger partial charge in [-0.05, 0) is 36.4 Å². The molecule has 10 heteroatoms. The van der Waals surface area contributed by atoms with Crippen molar-refractivity contribution in [2.24, 2.45) is 0 Å². The van der Waals surface area contributed by atoms with Gasteiger partial charge in [-0.3, -0.25) is 14.0 Å². The lowest BCUT2D eigenvalue weighted by atomic mass is 10.2. The number of benzene rings is 3. The predicted octanol–water partition coefficient (Wildman–Crippen LogP) is 4.08. The van der Waals surface area contributed by atoms with Gasteiger partial charge in [-0.2, -0.15) is 5.26 Å². The van der Waals surface area contributed by atoms with Crippen LogP contribution in [0.2, 0.25) is 0 Å². The number of carbonyl (C=O) groups excluding carboxylic acids is 1. The Balaban J connectivity index is 1.58. The van der Waals surface area contributed by atoms with E-state index in [1.807, 2.05) is 54.6 Å². The van der Waals surface area contributed by atoms with Crippen molar-refractivity contribution in [3.8, 4) is 17.5 Å². The van der Waals surface area contributed by atoms with Gasteiger partial charge in [-0.25, -0.2) is 4.57 Å². The van der Waals surface area contributed by atoms with E-state index in [4.69, 9.17) is 10.00 Å². The number of nitriles is 1. The molecule has 0 atom stereocenters. The van der Waals surface area contributed by atoms with Crippen molar-refractivity contribution in [3.63, 3.8) is 0 Å². The number of hydrogen-bond acceptors (Lipinski definition) is 7. The van der Waals surface area contributed by atoms with E-state index in [-0.39, 0.29) is 30.2 Å². The van der Waals surface area contributed by atoms with Gasteiger partial charge in [0.05, 0.1) is 41.9 Å². The summed E-state index contributed by atoms with van der Waals surface area (Å²) in [6, 6.07) is 25.8. The van der Waals surface area contributed by atoms with Crippen molar-refractivity contribution in [2.75, 3.05) is 24.3 Å². The number of rotatable bonds is 8. The van der Waals surface area contributed by atoms with Gasteiger partial charge in [0.2, 0.25) is 11.7 Å². The van der Waals surface area contributed by atoms with Gasteiger partial charge in [0.25, 0.3) is 5.56 Å². The molecule has 0 saturated heterocycles. The van der Waals surface area contributed by atoms with Crippen LogP contribution in [0.4, 0.5) is 5.69 Å². The summed E-state index contributed by atoms with van der Waals surface area (Å²) in [4.78, 5) is 28.4. The SMILES string of the molecule is COc1ccccc1-n1c(=O)c2ccccc2n2c(SCC(=O)N(CCC#N)c3ccccc3)nnc12. The Bertz CT molecular complexity index is 1690. The summed E-state index contributed by atoms with van der Waals surface area (Å²) in [6.45, 7) is 0.288. The first kappa shape index (κ1) is 24.1. The van der Waals surface area contributed by atoms with Crippen LogP contribution in [0.1, 0.15) is 6.42 Å². The van der Waals surface area contributed by atoms with Gasteiger partial charge in [-0.15, -0.1) is 10.2 Å². The molecule has 0 spiro atoms. The lowest BCUT2D eigenvalue weighted by molar-refractivity contribution is -0.116. The topological polar surface area (TPSA) is 106 Å². The Morgan fingerprint density at radius 3 is 2.54 bits per heavy atom. The maximum Gasteiger partial charge on any atom is 0.267 e. The summed E-state index contributed by atoms with van der Waals surface area (Å²) in [6.07, 6.45) is 0.217. The van der Waals surface area contributed by atoms with E-state index in [9.17, 15) is 9.59 Å². The third-order valence-electron chi connectivity index (χ3n) is 5.86. The summed E-state index contributed by atoms with van der Waals surface area (Å²) in [5.74, 6) is 0.742. The molecule has 0 bridgehead atoms. The number of methoxy groups -OCH3 is 1. The molecule has 3 aromatic carbocycles. The average Bonchev–Trinajstić information content (AvgIpc) is 3.37. The van der Waals surface area contributed by atoms with Crippen LogP contribution in [-0.2, 0) is 4.79 Å². The molecule has 37 heavy (non-hydrogen) atoms. The Labute approximate surface area is 216 Å². The molecule has 2 aromatic heterocycles. The summed E-state index contributed by atoms with van der Waals surface area (Å²) in [5, 5.41) is 18.7. The second kappa shape index (κ2) is 10.6. The van der Waals surface area contributed by atoms with Crippen molar-refractivity contribution < 1.29 is 9.53 Å². The number of para-hydroxylation sites is 4. The third-order valence-corrected chi connectivity index (χ3v) is 6.78. The number of nitrogens with zero attached hydrogens (tertiary/aromatic N) is 6. The van der Waals surface area contributed by atoms with Crippen molar-refractivity contribution in [3.05, 3.63) is 89.2 Å². The highest BCUT2D eigenvalue weighted by Crippen LogP contribution is 2.27. The molecule has 0 unspecified atom stereocenters. The molecule has 5 aromatic rings. The van der Waals surface area contributed by atoms with Gasteiger partial charge in [0.1, 0.15) is 5.75 Å². The first-order valence-corrected chi connectivity index (χ1v) is 12.5. The second-order valence-corrected chi connectivity index (χ2v) is 8.97. The minimum atomic E-state index is -0.251. The van der Waals surface area contributed by atoms with Crippen LogP contribution in [0, 0.1) is 11.3 Å². The number of amides is 1. The molecule has 0 aliphatic carbocycles. The number of thioether (sulfide) groups is 1. The zero-order valence-electron chi connectivity index (χ0n) is 19.9. The standard InChI is InChI=1S/C27H22N6O3S/c1-36-23-15-8-7-14-22(23)32-25(35)20-12-5-6-13-21(20)33-26(32)29-30-27(33)37-18-24(34)31(17-9-16-28)19-10-3-2-4-11-19/h2-8,10-15H,9,17-18H2,1H3. The van der Waals surface area contributed by atoms with Crippen LogP contribution < -0.4 is 15.2 Å². The first-order chi connectivity index (χ1) is 18.1. The third kappa shape index (κ3) is 4.52. The smallest absolute Gasteiger partial charge is 0.267 e. The normalized spacial score (nSPS) is 10.9. The van der Waals surface area contributed by atoms with Crippen LogP contribution in [0.5, 0.6) is 5.75 Å². The zero-order valence-corrected chi connectivity index (χ0v) is 20.8. The molecular weight excluding hydrogens is 488 g/mol. The zero-order chi connectivity index (χ0) is 25.8. The van der Waals surface area contributed by atoms with Crippen LogP contribution >= 0.6 is 11.8 Å². The molecule has 0 aliphatic rings. The Morgan fingerprint density at radius 1 is 1.03 bits per heavy atom. The summed E-state index contributed by atoms with van der Waals surface area (Å²) in [7, 11) is 1.55. The highest BCUT2D eigenvalue weighted by molar-refractivity contribution is 7.99. The van der Waals surface area contributed by atoms with Gasteiger partial charge >= 0.3 is 0 Å². The summed E-state index contributed by atoms with van der Waals surface area (Å²) < 4.78 is 8.76. The van der Waals surface area contributed by atoms with Crippen molar-refractivity contribution >= 4 is 40.0 Å². The Morgan fingerprint density at radius 2 is 1.76 bits per heavy atom. The van der Waals surface area contributed by atoms with E-state index in [1.165, 1.54) is 16.3 Å². The molecular formula is C27H22N6O3S. The van der Waals surface area contributed by atoms with Gasteiger partial charge < -0.3 is 9.64 Å². The fourth-order valence-corrected chi connectivity index (χ4v) is 4.99. The first-order valence-electron chi connectivity index (χ1n) is 11.5. The molecule has 9 nitrogen and oxygen atoms in total. The van der Waals surface area contributed by atoms with E-state index in [0.29, 0.717) is 33.3 Å². The quantitative estimate of drug-likeness (QED) is 0.290. The Kier molecular flexibility index (Phi) is 6.87. The number of anilines is 1. The van der Waals surface area contributed by atoms with Crippen LogP contribution in [0.25, 0.3) is 22.4 Å². The number of hydrogen-bond donors (Lipinski definition) is 0. The number of aromatic nitrogens is 4. The highest BCUT2D eigenvalue weighted by atomic mass is 32.2. The van der Waals surface area contributed by atoms with E-state index >= 15 is 0 Å². The summed E-state index contributed by atoms with van der Waals surface area (Å²) >= 11 is 1.22. The molecule has 0 fully saturated rings. The van der Waals surface area contributed by atoms with E-state index in [0.717, 1.165) is 5.69 Å². The molecule has 0 aliphatic heterocycles. The fraction of sp³-hybridized carbons (Fsp3) is 0.148. The van der Waals surface area contributed by atoms with E-state index < -0.39 is 0 Å². The number of fused-ring (bicyclic) bond motifs is 3. The van der Waals surface area contributed by atoms with Crippen LogP contribution in [0.3, 0.4) is 0 Å². The van der Waals surface area contributed by atoms with Crippen LogP contribution in [0.15, 0.2) is 88.8 Å². The second-order valence-electron chi connectivity index (χ2n) is 8.03. The Hall–Kier alpha value is -4.62. The summed E-state index contributed by atoms with van der Waals surface area (Å²) in [5.41, 5.74) is 1.65. The van der Waals surface area contributed by atoms with Gasteiger partial charge in [-0.1, -0.05) is 54.2 Å². The number of ether oxygens (including phenoxy) is 1. The maximum absolute atomic E-state index is 13.6. The molecule has 2 heterocycles. The van der Waals surface area contributed by atoms with E-state index in [1.54, 1.807) is 40.7 Å². The maximum atomic E-state index is 13.6. The minimum Gasteiger partial charge on any atom is -0.495 e. The predicted molar refractivity (Wildman–Crippen MR) is 142 cm³/mol. The fourth-order valence-electron chi connectivity index (χ4n) is 4.18. The van der Waals surface area contributed by atoms with Crippen molar-refractivity contribution in [2.45, 2.75) is 11.6 Å². The van der Waals surface area contributed by atoms with Gasteiger partial charge in [0.15, 0.2) is 5.16 Å². The number of carbonyl (C=O) groups is 1. The molecule has 0 radical (unpaired) electrons. The monoisotopic (exact) mass is 510 g/mol.